The van der Waals surface area contributed by atoms with Crippen molar-refractivity contribution in [3.05, 3.63) is 40.4 Å². The number of halogens is 1. The highest BCUT2D eigenvalue weighted by Crippen LogP contribution is 2.22. The van der Waals surface area contributed by atoms with Crippen LogP contribution in [0.15, 0.2) is 29.8 Å². The van der Waals surface area contributed by atoms with Gasteiger partial charge in [0.05, 0.1) is 0 Å². The first-order valence-electron chi connectivity index (χ1n) is 6.39. The molecule has 3 heteroatoms. The molecule has 0 heterocycles. The zero-order chi connectivity index (χ0) is 14.6. The molecule has 1 aromatic rings. The molecule has 0 spiro atoms. The molecule has 0 saturated carbocycles. The van der Waals surface area contributed by atoms with Gasteiger partial charge in [-0.1, -0.05) is 37.6 Å². The molecule has 0 aromatic heterocycles. The van der Waals surface area contributed by atoms with Gasteiger partial charge in [0.15, 0.2) is 0 Å². The highest BCUT2D eigenvalue weighted by molar-refractivity contribution is 6.30. The van der Waals surface area contributed by atoms with Crippen molar-refractivity contribution in [1.29, 1.82) is 0 Å². The molecule has 1 aromatic carbocycles. The maximum absolute atomic E-state index is 12.0. The Morgan fingerprint density at radius 2 is 1.79 bits per heavy atom. The fraction of sp³-hybridized carbons (Fsp3) is 0.438. The lowest BCUT2D eigenvalue weighted by atomic mass is 9.94. The Balaban J connectivity index is 2.80. The molecule has 0 aliphatic carbocycles. The topological polar surface area (TPSA) is 26.3 Å². The van der Waals surface area contributed by atoms with Crippen LogP contribution < -0.4 is 0 Å². The van der Waals surface area contributed by atoms with Crippen molar-refractivity contribution in [3.63, 3.8) is 0 Å². The number of rotatable bonds is 4. The highest BCUT2D eigenvalue weighted by Gasteiger charge is 2.27. The summed E-state index contributed by atoms with van der Waals surface area (Å²) < 4.78 is 5.52. The van der Waals surface area contributed by atoms with E-state index in [2.05, 4.69) is 0 Å². The van der Waals surface area contributed by atoms with E-state index in [4.69, 9.17) is 16.3 Å². The van der Waals surface area contributed by atoms with Gasteiger partial charge in [-0.25, -0.2) is 4.79 Å². The fourth-order valence-electron chi connectivity index (χ4n) is 1.31. The summed E-state index contributed by atoms with van der Waals surface area (Å²) in [5.41, 5.74) is 1.05. The Kier molecular flexibility index (Phi) is 5.19. The quantitative estimate of drug-likeness (QED) is 0.589. The number of hydrogen-bond donors (Lipinski definition) is 0. The summed E-state index contributed by atoms with van der Waals surface area (Å²) >= 11 is 5.82. The van der Waals surface area contributed by atoms with E-state index in [9.17, 15) is 4.79 Å². The van der Waals surface area contributed by atoms with Crippen molar-refractivity contribution in [1.82, 2.24) is 0 Å². The predicted octanol–water partition coefficient (Wildman–Crippen LogP) is 4.72. The minimum absolute atomic E-state index is 0.264. The lowest BCUT2D eigenvalue weighted by molar-refractivity contribution is -0.155. The van der Waals surface area contributed by atoms with Crippen LogP contribution >= 0.6 is 11.6 Å². The second kappa shape index (κ2) is 6.25. The van der Waals surface area contributed by atoms with Gasteiger partial charge in [0.25, 0.3) is 0 Å². The van der Waals surface area contributed by atoms with E-state index in [0.717, 1.165) is 5.56 Å². The average Bonchev–Trinajstić information content (AvgIpc) is 2.31. The molecule has 0 atom stereocenters. The minimum atomic E-state index is -0.466. The van der Waals surface area contributed by atoms with Gasteiger partial charge < -0.3 is 4.74 Å². The monoisotopic (exact) mass is 280 g/mol. The van der Waals surface area contributed by atoms with Gasteiger partial charge in [-0.2, -0.15) is 0 Å². The Morgan fingerprint density at radius 1 is 1.26 bits per heavy atom. The van der Waals surface area contributed by atoms with Crippen molar-refractivity contribution in [2.75, 3.05) is 0 Å². The number of esters is 1. The molecule has 1 rings (SSSR count). The van der Waals surface area contributed by atoms with Crippen LogP contribution in [0.25, 0.3) is 6.08 Å². The van der Waals surface area contributed by atoms with Gasteiger partial charge in [-0.15, -0.1) is 0 Å². The molecule has 0 saturated heterocycles. The smallest absolute Gasteiger partial charge is 0.334 e. The van der Waals surface area contributed by atoms with Gasteiger partial charge in [0.1, 0.15) is 5.60 Å². The van der Waals surface area contributed by atoms with E-state index < -0.39 is 5.60 Å². The van der Waals surface area contributed by atoms with Crippen LogP contribution in [0.5, 0.6) is 0 Å². The van der Waals surface area contributed by atoms with Crippen LogP contribution in [0.3, 0.4) is 0 Å². The van der Waals surface area contributed by atoms with Gasteiger partial charge >= 0.3 is 5.97 Å². The lowest BCUT2D eigenvalue weighted by Gasteiger charge is -2.29. The molecular formula is C16H21ClO2. The van der Waals surface area contributed by atoms with Crippen molar-refractivity contribution < 1.29 is 9.53 Å². The first kappa shape index (κ1) is 15.8. The minimum Gasteiger partial charge on any atom is -0.456 e. The van der Waals surface area contributed by atoms with Gasteiger partial charge in [-0.3, -0.25) is 0 Å². The standard InChI is InChI=1S/C16H21ClO2/c1-11(2)16(4,5)19-15(18)12(3)10-13-6-8-14(17)9-7-13/h6-11H,1-5H3/b12-10+. The van der Waals surface area contributed by atoms with Gasteiger partial charge in [-0.05, 0) is 50.5 Å². The predicted molar refractivity (Wildman–Crippen MR) is 80.1 cm³/mol. The fourth-order valence-corrected chi connectivity index (χ4v) is 1.43. The third-order valence-corrected chi connectivity index (χ3v) is 3.57. The molecule has 0 radical (unpaired) electrons. The molecule has 104 valence electrons. The molecule has 0 aliphatic rings. The van der Waals surface area contributed by atoms with Crippen molar-refractivity contribution in [2.45, 2.75) is 40.2 Å². The van der Waals surface area contributed by atoms with Crippen molar-refractivity contribution in [3.8, 4) is 0 Å². The number of carbonyl (C=O) groups excluding carboxylic acids is 1. The van der Waals surface area contributed by atoms with Crippen LogP contribution in [-0.4, -0.2) is 11.6 Å². The molecule has 0 aliphatic heterocycles. The van der Waals surface area contributed by atoms with Crippen LogP contribution in [0.1, 0.15) is 40.2 Å². The summed E-state index contributed by atoms with van der Waals surface area (Å²) in [4.78, 5) is 12.0. The van der Waals surface area contributed by atoms with Crippen molar-refractivity contribution in [2.24, 2.45) is 5.92 Å². The Bertz CT molecular complexity index is 470. The maximum Gasteiger partial charge on any atom is 0.334 e. The Labute approximate surface area is 120 Å². The van der Waals surface area contributed by atoms with E-state index in [0.29, 0.717) is 10.6 Å². The third-order valence-electron chi connectivity index (χ3n) is 3.32. The third kappa shape index (κ3) is 4.71. The normalized spacial score (nSPS) is 12.7. The summed E-state index contributed by atoms with van der Waals surface area (Å²) in [7, 11) is 0. The van der Waals surface area contributed by atoms with E-state index in [1.165, 1.54) is 0 Å². The van der Waals surface area contributed by atoms with Crippen LogP contribution in [0, 0.1) is 5.92 Å². The van der Waals surface area contributed by atoms with Crippen LogP contribution in [-0.2, 0) is 9.53 Å². The second-order valence-corrected chi connectivity index (χ2v) is 5.96. The zero-order valence-electron chi connectivity index (χ0n) is 12.2. The van der Waals surface area contributed by atoms with Gasteiger partial charge in [0, 0.05) is 10.6 Å². The van der Waals surface area contributed by atoms with Crippen LogP contribution in [0.4, 0.5) is 0 Å². The molecule has 19 heavy (non-hydrogen) atoms. The summed E-state index contributed by atoms with van der Waals surface area (Å²) in [6.45, 7) is 9.67. The average molecular weight is 281 g/mol. The number of ether oxygens (including phenoxy) is 1. The second-order valence-electron chi connectivity index (χ2n) is 5.53. The highest BCUT2D eigenvalue weighted by atomic mass is 35.5. The molecule has 0 unspecified atom stereocenters. The summed E-state index contributed by atoms with van der Waals surface area (Å²) in [5, 5.41) is 0.679. The summed E-state index contributed by atoms with van der Waals surface area (Å²) in [6, 6.07) is 7.33. The van der Waals surface area contributed by atoms with E-state index in [-0.39, 0.29) is 11.9 Å². The molecule has 0 fully saturated rings. The Hall–Kier alpha value is -1.28. The maximum atomic E-state index is 12.0. The summed E-state index contributed by atoms with van der Waals surface area (Å²) in [5.74, 6) is -0.0200. The van der Waals surface area contributed by atoms with E-state index in [1.54, 1.807) is 25.1 Å². The molecule has 0 bridgehead atoms. The van der Waals surface area contributed by atoms with Crippen LogP contribution in [0.2, 0.25) is 5.02 Å². The lowest BCUT2D eigenvalue weighted by Crippen LogP contribution is -2.33. The number of carbonyl (C=O) groups is 1. The number of hydrogen-bond acceptors (Lipinski definition) is 2. The van der Waals surface area contributed by atoms with E-state index in [1.807, 2.05) is 39.8 Å². The first-order chi connectivity index (χ1) is 8.72. The SMILES string of the molecule is C/C(=C\c1ccc(Cl)cc1)C(=O)OC(C)(C)C(C)C. The summed E-state index contributed by atoms with van der Waals surface area (Å²) in [6.07, 6.45) is 1.80. The zero-order valence-corrected chi connectivity index (χ0v) is 12.9. The Morgan fingerprint density at radius 3 is 2.26 bits per heavy atom. The first-order valence-corrected chi connectivity index (χ1v) is 6.77. The van der Waals surface area contributed by atoms with Gasteiger partial charge in [0.2, 0.25) is 0 Å². The molecule has 0 amide bonds. The van der Waals surface area contributed by atoms with E-state index >= 15 is 0 Å². The molecule has 2 nitrogen and oxygen atoms in total. The molecular weight excluding hydrogens is 260 g/mol. The number of benzene rings is 1. The largest absolute Gasteiger partial charge is 0.456 e. The van der Waals surface area contributed by atoms with Crippen molar-refractivity contribution >= 4 is 23.6 Å². The molecule has 0 N–H and O–H groups in total.